The van der Waals surface area contributed by atoms with E-state index < -0.39 is 7.25 Å². The monoisotopic (exact) mass is 325 g/mol. The third kappa shape index (κ3) is 6.09. The molecule has 0 spiro atoms. The third-order valence-electron chi connectivity index (χ3n) is 5.78. The van der Waals surface area contributed by atoms with Gasteiger partial charge in [0.2, 0.25) is 0 Å². The summed E-state index contributed by atoms with van der Waals surface area (Å²) in [5.41, 5.74) is 0. The zero-order chi connectivity index (χ0) is 16.6. The number of nitrogens with zero attached hydrogens (tertiary/aromatic N) is 1. The second-order valence-electron chi connectivity index (χ2n) is 6.81. The lowest BCUT2D eigenvalue weighted by molar-refractivity contribution is -0.972. The molecule has 2 aliphatic carbocycles. The van der Waals surface area contributed by atoms with E-state index in [0.717, 1.165) is 12.1 Å². The number of hydrogen-bond acceptors (Lipinski definition) is 0. The molecule has 2 rings (SSSR count). The minimum absolute atomic E-state index is 1.00. The lowest BCUT2D eigenvalue weighted by atomic mass is 9.85. The molecular formula is C16H32BF4N. The number of quaternary nitrogens is 1. The van der Waals surface area contributed by atoms with Crippen molar-refractivity contribution < 1.29 is 21.7 Å². The lowest BCUT2D eigenvalue weighted by Crippen LogP contribution is -2.62. The molecule has 0 N–H and O–H groups in total. The fourth-order valence-electron chi connectivity index (χ4n) is 4.75. The molecule has 6 heteroatoms. The largest absolute Gasteiger partial charge is 0.673 e. The summed E-state index contributed by atoms with van der Waals surface area (Å²) < 4.78 is 40.5. The first-order valence-corrected chi connectivity index (χ1v) is 9.07. The second kappa shape index (κ2) is 9.14. The summed E-state index contributed by atoms with van der Waals surface area (Å²) in [6, 6.07) is 2.00. The average molecular weight is 325 g/mol. The topological polar surface area (TPSA) is 0 Å². The van der Waals surface area contributed by atoms with Crippen molar-refractivity contribution in [2.75, 3.05) is 13.1 Å². The van der Waals surface area contributed by atoms with Crippen LogP contribution < -0.4 is 0 Å². The Kier molecular flexibility index (Phi) is 8.22. The van der Waals surface area contributed by atoms with Crippen molar-refractivity contribution in [2.45, 2.75) is 90.1 Å². The Labute approximate surface area is 133 Å². The summed E-state index contributed by atoms with van der Waals surface area (Å²) >= 11 is 0. The summed E-state index contributed by atoms with van der Waals surface area (Å²) in [5, 5.41) is 0. The van der Waals surface area contributed by atoms with Crippen LogP contribution in [0.2, 0.25) is 0 Å². The van der Waals surface area contributed by atoms with E-state index in [2.05, 4.69) is 13.8 Å². The minimum atomic E-state index is -6.00. The Hall–Kier alpha value is -0.255. The summed E-state index contributed by atoms with van der Waals surface area (Å²) in [6.45, 7) is 7.66. The van der Waals surface area contributed by atoms with Gasteiger partial charge in [-0.05, 0) is 65.2 Å². The fourth-order valence-corrected chi connectivity index (χ4v) is 4.75. The van der Waals surface area contributed by atoms with E-state index in [4.69, 9.17) is 0 Å². The maximum atomic E-state index is 9.75. The fraction of sp³-hybridized carbons (Fsp3) is 1.00. The van der Waals surface area contributed by atoms with Gasteiger partial charge in [0, 0.05) is 0 Å². The molecule has 2 fully saturated rings. The predicted octanol–water partition coefficient (Wildman–Crippen LogP) is 5.81. The molecule has 22 heavy (non-hydrogen) atoms. The van der Waals surface area contributed by atoms with E-state index >= 15 is 0 Å². The molecule has 0 heterocycles. The molecule has 0 aromatic heterocycles. The molecule has 0 unspecified atom stereocenters. The molecule has 0 aromatic rings. The number of rotatable bonds is 4. The molecule has 0 bridgehead atoms. The van der Waals surface area contributed by atoms with Gasteiger partial charge >= 0.3 is 7.25 Å². The molecule has 0 amide bonds. The predicted molar refractivity (Wildman–Crippen MR) is 85.3 cm³/mol. The number of halogens is 4. The molecule has 1 nitrogen and oxygen atoms in total. The van der Waals surface area contributed by atoms with Gasteiger partial charge in [0.05, 0.1) is 25.2 Å². The van der Waals surface area contributed by atoms with Crippen LogP contribution in [0.15, 0.2) is 0 Å². The van der Waals surface area contributed by atoms with E-state index in [0.29, 0.717) is 0 Å². The van der Waals surface area contributed by atoms with Crippen LogP contribution in [-0.4, -0.2) is 36.9 Å². The van der Waals surface area contributed by atoms with Crippen molar-refractivity contribution in [3.8, 4) is 0 Å². The summed E-state index contributed by atoms with van der Waals surface area (Å²) in [6.07, 6.45) is 15.0. The van der Waals surface area contributed by atoms with Crippen molar-refractivity contribution in [2.24, 2.45) is 0 Å². The van der Waals surface area contributed by atoms with Crippen molar-refractivity contribution in [3.05, 3.63) is 0 Å². The Morgan fingerprint density at radius 2 is 0.955 bits per heavy atom. The zero-order valence-electron chi connectivity index (χ0n) is 14.2. The molecular weight excluding hydrogens is 293 g/mol. The van der Waals surface area contributed by atoms with Crippen LogP contribution in [0.1, 0.15) is 78.1 Å². The summed E-state index contributed by atoms with van der Waals surface area (Å²) in [5.74, 6) is 0. The zero-order valence-corrected chi connectivity index (χ0v) is 14.2. The second-order valence-corrected chi connectivity index (χ2v) is 6.81. The molecule has 2 saturated carbocycles. The molecule has 2 aliphatic rings. The van der Waals surface area contributed by atoms with Gasteiger partial charge in [0.25, 0.3) is 0 Å². The first-order valence-electron chi connectivity index (χ1n) is 9.07. The quantitative estimate of drug-likeness (QED) is 0.348. The van der Waals surface area contributed by atoms with Crippen LogP contribution in [0.5, 0.6) is 0 Å². The van der Waals surface area contributed by atoms with Crippen LogP contribution in [0.3, 0.4) is 0 Å². The Balaban J connectivity index is 0.000000422. The van der Waals surface area contributed by atoms with Crippen molar-refractivity contribution >= 4 is 7.25 Å². The maximum absolute atomic E-state index is 9.75. The van der Waals surface area contributed by atoms with Crippen LogP contribution in [0.25, 0.3) is 0 Å². The van der Waals surface area contributed by atoms with Gasteiger partial charge in [-0.3, -0.25) is 0 Å². The Morgan fingerprint density at radius 1 is 0.682 bits per heavy atom. The molecule has 0 radical (unpaired) electrons. The van der Waals surface area contributed by atoms with E-state index in [9.17, 15) is 17.3 Å². The van der Waals surface area contributed by atoms with Crippen LogP contribution in [0, 0.1) is 0 Å². The van der Waals surface area contributed by atoms with Crippen LogP contribution >= 0.6 is 0 Å². The van der Waals surface area contributed by atoms with Gasteiger partial charge in [-0.2, -0.15) is 0 Å². The van der Waals surface area contributed by atoms with E-state index in [1.54, 1.807) is 0 Å². The van der Waals surface area contributed by atoms with E-state index in [-0.39, 0.29) is 0 Å². The number of hydrogen-bond donors (Lipinski definition) is 0. The lowest BCUT2D eigenvalue weighted by Gasteiger charge is -2.51. The normalized spacial score (nSPS) is 22.1. The SMILES string of the molecule is CC[N+](CC)(C1CCCCC1)C1CCCCC1.F[B-](F)(F)F. The smallest absolute Gasteiger partial charge is 0.418 e. The Bertz CT molecular complexity index is 267. The molecule has 0 aromatic carbocycles. The van der Waals surface area contributed by atoms with Gasteiger partial charge in [0.15, 0.2) is 0 Å². The van der Waals surface area contributed by atoms with Gasteiger partial charge < -0.3 is 21.7 Å². The van der Waals surface area contributed by atoms with Crippen molar-refractivity contribution in [3.63, 3.8) is 0 Å². The van der Waals surface area contributed by atoms with Crippen molar-refractivity contribution in [1.29, 1.82) is 0 Å². The highest BCUT2D eigenvalue weighted by Gasteiger charge is 2.41. The van der Waals surface area contributed by atoms with Crippen LogP contribution in [0.4, 0.5) is 17.3 Å². The summed E-state index contributed by atoms with van der Waals surface area (Å²) in [7, 11) is -6.00. The first kappa shape index (κ1) is 19.8. The molecule has 0 atom stereocenters. The van der Waals surface area contributed by atoms with Crippen LogP contribution in [-0.2, 0) is 0 Å². The summed E-state index contributed by atoms with van der Waals surface area (Å²) in [4.78, 5) is 0. The molecule has 132 valence electrons. The van der Waals surface area contributed by atoms with E-state index in [1.165, 1.54) is 81.8 Å². The van der Waals surface area contributed by atoms with Gasteiger partial charge in [0.1, 0.15) is 0 Å². The highest BCUT2D eigenvalue weighted by atomic mass is 19.5. The highest BCUT2D eigenvalue weighted by Crippen LogP contribution is 2.36. The average Bonchev–Trinajstić information content (AvgIpc) is 2.50. The molecule has 0 saturated heterocycles. The first-order chi connectivity index (χ1) is 10.3. The molecule has 0 aliphatic heterocycles. The van der Waals surface area contributed by atoms with Gasteiger partial charge in [-0.1, -0.05) is 12.8 Å². The standard InChI is InChI=1S/C16H32N.BF4/c1-3-17(4-2,15-11-7-5-8-12-15)16-13-9-6-10-14-16;2-1(3,4)5/h15-16H,3-14H2,1-2H3;/q+1;-1. The Morgan fingerprint density at radius 3 is 1.18 bits per heavy atom. The van der Waals surface area contributed by atoms with Crippen molar-refractivity contribution in [1.82, 2.24) is 0 Å². The van der Waals surface area contributed by atoms with E-state index in [1.807, 2.05) is 0 Å². The van der Waals surface area contributed by atoms with Gasteiger partial charge in [-0.15, -0.1) is 0 Å². The highest BCUT2D eigenvalue weighted by molar-refractivity contribution is 6.50. The maximum Gasteiger partial charge on any atom is 0.673 e. The minimum Gasteiger partial charge on any atom is -0.418 e. The van der Waals surface area contributed by atoms with Gasteiger partial charge in [-0.25, -0.2) is 0 Å². The third-order valence-corrected chi connectivity index (χ3v) is 5.78.